The Morgan fingerprint density at radius 3 is 3.00 bits per heavy atom. The number of carbonyl (C=O) groups is 1. The van der Waals surface area contributed by atoms with Gasteiger partial charge in [0.05, 0.1) is 25.0 Å². The van der Waals surface area contributed by atoms with Crippen LogP contribution in [0.4, 0.5) is 10.6 Å². The monoisotopic (exact) mass is 346 g/mol. The van der Waals surface area contributed by atoms with Crippen molar-refractivity contribution < 1.29 is 9.53 Å². The molecule has 0 spiro atoms. The van der Waals surface area contributed by atoms with Gasteiger partial charge >= 0.3 is 6.03 Å². The summed E-state index contributed by atoms with van der Waals surface area (Å²) in [6.45, 7) is 6.57. The first-order chi connectivity index (χ1) is 12.1. The number of aromatic nitrogens is 4. The number of hydrogen-bond acceptors (Lipinski definition) is 4. The minimum atomic E-state index is -0.137. The topological polar surface area (TPSA) is 77.2 Å². The summed E-state index contributed by atoms with van der Waals surface area (Å²) >= 11 is 0. The van der Waals surface area contributed by atoms with Crippen LogP contribution in [0.3, 0.4) is 0 Å². The van der Waals surface area contributed by atoms with E-state index in [1.165, 1.54) is 0 Å². The van der Waals surface area contributed by atoms with Crippen molar-refractivity contribution >= 4 is 11.8 Å². The summed E-state index contributed by atoms with van der Waals surface area (Å²) < 4.78 is 9.40. The van der Waals surface area contributed by atoms with E-state index in [2.05, 4.69) is 22.4 Å². The lowest BCUT2D eigenvalue weighted by Crippen LogP contribution is -2.44. The van der Waals surface area contributed by atoms with Crippen LogP contribution in [-0.2, 0) is 24.8 Å². The third kappa shape index (κ3) is 4.01. The number of aryl methyl sites for hydroxylation is 3. The Balaban J connectivity index is 1.63. The molecule has 3 rings (SSSR count). The average molecular weight is 346 g/mol. The van der Waals surface area contributed by atoms with Crippen molar-refractivity contribution in [2.75, 3.05) is 25.0 Å². The van der Waals surface area contributed by atoms with Crippen LogP contribution in [0, 0.1) is 0 Å². The summed E-state index contributed by atoms with van der Waals surface area (Å²) in [7, 11) is 1.84. The van der Waals surface area contributed by atoms with E-state index in [0.29, 0.717) is 19.7 Å². The summed E-state index contributed by atoms with van der Waals surface area (Å²) in [4.78, 5) is 14.4. The van der Waals surface area contributed by atoms with Gasteiger partial charge in [0.25, 0.3) is 0 Å². The molecular weight excluding hydrogens is 320 g/mol. The zero-order valence-corrected chi connectivity index (χ0v) is 15.1. The zero-order valence-electron chi connectivity index (χ0n) is 15.1. The highest BCUT2D eigenvalue weighted by Gasteiger charge is 2.26. The molecule has 1 aliphatic heterocycles. The minimum absolute atomic E-state index is 0.123. The Morgan fingerprint density at radius 2 is 2.28 bits per heavy atom. The number of anilines is 1. The van der Waals surface area contributed by atoms with Crippen LogP contribution in [0.1, 0.15) is 37.6 Å². The molecule has 0 unspecified atom stereocenters. The van der Waals surface area contributed by atoms with E-state index in [1.807, 2.05) is 37.1 Å². The van der Waals surface area contributed by atoms with E-state index < -0.39 is 0 Å². The van der Waals surface area contributed by atoms with Crippen molar-refractivity contribution in [1.29, 1.82) is 0 Å². The van der Waals surface area contributed by atoms with E-state index in [4.69, 9.17) is 4.74 Å². The number of nitrogens with zero attached hydrogens (tertiary/aromatic N) is 5. The van der Waals surface area contributed by atoms with Crippen LogP contribution in [0.25, 0.3) is 0 Å². The predicted molar refractivity (Wildman–Crippen MR) is 94.4 cm³/mol. The third-order valence-electron chi connectivity index (χ3n) is 4.37. The molecule has 1 atom stereocenters. The van der Waals surface area contributed by atoms with Crippen LogP contribution >= 0.6 is 0 Å². The van der Waals surface area contributed by atoms with Crippen LogP contribution in [0.5, 0.6) is 0 Å². The van der Waals surface area contributed by atoms with Crippen molar-refractivity contribution in [1.82, 2.24) is 24.5 Å². The average Bonchev–Trinajstić information content (AvgIpc) is 3.22. The minimum Gasteiger partial charge on any atom is -0.370 e. The molecule has 2 aromatic rings. The van der Waals surface area contributed by atoms with Gasteiger partial charge < -0.3 is 9.64 Å². The highest BCUT2D eigenvalue weighted by molar-refractivity contribution is 5.88. The molecule has 3 heterocycles. The fraction of sp³-hybridized carbons (Fsp3) is 0.588. The van der Waals surface area contributed by atoms with Crippen molar-refractivity contribution in [2.45, 2.75) is 39.3 Å². The fourth-order valence-corrected chi connectivity index (χ4v) is 2.96. The largest absolute Gasteiger partial charge is 0.370 e. The molecule has 2 amide bonds. The van der Waals surface area contributed by atoms with E-state index in [-0.39, 0.29) is 12.1 Å². The molecule has 8 nitrogen and oxygen atoms in total. The number of nitrogens with one attached hydrogen (secondary N) is 1. The van der Waals surface area contributed by atoms with Gasteiger partial charge in [0.1, 0.15) is 11.9 Å². The van der Waals surface area contributed by atoms with Crippen molar-refractivity contribution in [2.24, 2.45) is 7.05 Å². The van der Waals surface area contributed by atoms with Gasteiger partial charge in [0.15, 0.2) is 0 Å². The van der Waals surface area contributed by atoms with Crippen molar-refractivity contribution in [3.05, 3.63) is 29.7 Å². The molecule has 1 saturated heterocycles. The van der Waals surface area contributed by atoms with Gasteiger partial charge in [0.2, 0.25) is 0 Å². The van der Waals surface area contributed by atoms with E-state index in [1.54, 1.807) is 9.58 Å². The molecule has 2 aromatic heterocycles. The molecule has 1 fully saturated rings. The molecule has 136 valence electrons. The second-order valence-corrected chi connectivity index (χ2v) is 6.26. The van der Waals surface area contributed by atoms with Gasteiger partial charge in [0, 0.05) is 38.0 Å². The fourth-order valence-electron chi connectivity index (χ4n) is 2.96. The quantitative estimate of drug-likeness (QED) is 0.900. The smallest absolute Gasteiger partial charge is 0.323 e. The number of ether oxygens (including phenoxy) is 1. The first-order valence-corrected chi connectivity index (χ1v) is 8.83. The van der Waals surface area contributed by atoms with Crippen molar-refractivity contribution in [3.63, 3.8) is 0 Å². The molecule has 0 saturated carbocycles. The Morgan fingerprint density at radius 1 is 1.44 bits per heavy atom. The number of hydrogen-bond donors (Lipinski definition) is 1. The Kier molecular flexibility index (Phi) is 5.37. The SMILES string of the molecule is CCCc1cc(NC(=O)N2CCO[C@@H](c3cnn(CC)c3)C2)n(C)n1. The summed E-state index contributed by atoms with van der Waals surface area (Å²) in [5, 5.41) is 11.7. The van der Waals surface area contributed by atoms with Crippen LogP contribution in [-0.4, -0.2) is 50.2 Å². The number of rotatable bonds is 5. The van der Waals surface area contributed by atoms with Gasteiger partial charge in [-0.25, -0.2) is 4.79 Å². The summed E-state index contributed by atoms with van der Waals surface area (Å²) in [6.07, 6.45) is 5.59. The Labute approximate surface area is 147 Å². The Bertz CT molecular complexity index is 723. The molecule has 1 N–H and O–H groups in total. The number of urea groups is 1. The molecule has 0 aromatic carbocycles. The first kappa shape index (κ1) is 17.5. The maximum absolute atomic E-state index is 12.6. The van der Waals surface area contributed by atoms with Crippen LogP contribution in [0.2, 0.25) is 0 Å². The van der Waals surface area contributed by atoms with Gasteiger partial charge in [-0.3, -0.25) is 14.7 Å². The number of amides is 2. The highest BCUT2D eigenvalue weighted by Crippen LogP contribution is 2.22. The van der Waals surface area contributed by atoms with E-state index >= 15 is 0 Å². The molecule has 1 aliphatic rings. The van der Waals surface area contributed by atoms with Gasteiger partial charge in [-0.2, -0.15) is 10.2 Å². The second-order valence-electron chi connectivity index (χ2n) is 6.26. The lowest BCUT2D eigenvalue weighted by molar-refractivity contribution is -0.0135. The molecule has 8 heteroatoms. The first-order valence-electron chi connectivity index (χ1n) is 8.83. The maximum atomic E-state index is 12.6. The van der Waals surface area contributed by atoms with Crippen LogP contribution in [0.15, 0.2) is 18.5 Å². The molecular formula is C17H26N6O2. The lowest BCUT2D eigenvalue weighted by atomic mass is 10.1. The van der Waals surface area contributed by atoms with Crippen LogP contribution < -0.4 is 5.32 Å². The summed E-state index contributed by atoms with van der Waals surface area (Å²) in [6, 6.07) is 1.81. The second kappa shape index (κ2) is 7.69. The molecule has 0 radical (unpaired) electrons. The molecule has 25 heavy (non-hydrogen) atoms. The zero-order chi connectivity index (χ0) is 17.8. The van der Waals surface area contributed by atoms with E-state index in [0.717, 1.165) is 36.5 Å². The summed E-state index contributed by atoms with van der Waals surface area (Å²) in [5.41, 5.74) is 2.00. The summed E-state index contributed by atoms with van der Waals surface area (Å²) in [5.74, 6) is 0.718. The standard InChI is InChI=1S/C17H26N6O2/c1-4-6-14-9-16(21(3)20-14)19-17(24)22-7-8-25-15(12-22)13-10-18-23(5-2)11-13/h9-11,15H,4-8,12H2,1-3H3,(H,19,24)/t15-/m1/s1. The highest BCUT2D eigenvalue weighted by atomic mass is 16.5. The molecule has 0 aliphatic carbocycles. The maximum Gasteiger partial charge on any atom is 0.323 e. The number of morpholine rings is 1. The van der Waals surface area contributed by atoms with Gasteiger partial charge in [-0.15, -0.1) is 0 Å². The number of carbonyl (C=O) groups excluding carboxylic acids is 1. The van der Waals surface area contributed by atoms with Crippen molar-refractivity contribution in [3.8, 4) is 0 Å². The third-order valence-corrected chi connectivity index (χ3v) is 4.37. The molecule has 0 bridgehead atoms. The lowest BCUT2D eigenvalue weighted by Gasteiger charge is -2.32. The van der Waals surface area contributed by atoms with E-state index in [9.17, 15) is 4.79 Å². The normalized spacial score (nSPS) is 17.7. The Hall–Kier alpha value is -2.35. The van der Waals surface area contributed by atoms with Gasteiger partial charge in [-0.1, -0.05) is 13.3 Å². The van der Waals surface area contributed by atoms with Gasteiger partial charge in [-0.05, 0) is 13.3 Å². The predicted octanol–water partition coefficient (Wildman–Crippen LogP) is 2.19.